The summed E-state index contributed by atoms with van der Waals surface area (Å²) in [5.41, 5.74) is 2.35. The standard InChI is InChI=1S/C24H18As2N2S/c1-5-13-21-17(9-1)25(18-10-2-6-14-22(18)27-21)29-26-19-11-3-7-15-23(19)28-24-16-8-4-12-20(24)26/h1-16,25-26H. The summed E-state index contributed by atoms with van der Waals surface area (Å²) in [4.78, 5) is 9.94. The van der Waals surface area contributed by atoms with Crippen molar-refractivity contribution in [3.8, 4) is 0 Å². The van der Waals surface area contributed by atoms with Crippen LogP contribution in [0.3, 0.4) is 0 Å². The van der Waals surface area contributed by atoms with Crippen LogP contribution in [0.1, 0.15) is 0 Å². The third-order valence-electron chi connectivity index (χ3n) is 5.28. The maximum atomic E-state index is 4.97. The molecule has 140 valence electrons. The van der Waals surface area contributed by atoms with Crippen LogP contribution < -0.4 is 19.4 Å². The predicted octanol–water partition coefficient (Wildman–Crippen LogP) is 2.58. The summed E-state index contributed by atoms with van der Waals surface area (Å²) in [6.45, 7) is 0. The Labute approximate surface area is 179 Å². The molecule has 0 spiro atoms. The molecule has 0 aliphatic carbocycles. The zero-order valence-electron chi connectivity index (χ0n) is 15.5. The molecule has 0 saturated heterocycles. The Kier molecular flexibility index (Phi) is 4.49. The van der Waals surface area contributed by atoms with E-state index in [4.69, 9.17) is 9.98 Å². The van der Waals surface area contributed by atoms with Gasteiger partial charge < -0.3 is 0 Å². The van der Waals surface area contributed by atoms with Crippen molar-refractivity contribution in [1.29, 1.82) is 0 Å². The maximum absolute atomic E-state index is 4.97. The van der Waals surface area contributed by atoms with Crippen LogP contribution in [0.2, 0.25) is 0 Å². The van der Waals surface area contributed by atoms with Gasteiger partial charge in [0.05, 0.1) is 0 Å². The molecule has 0 bridgehead atoms. The minimum atomic E-state index is -1.81. The first-order valence-corrected chi connectivity index (χ1v) is 19.8. The van der Waals surface area contributed by atoms with Crippen LogP contribution in [0, 0.1) is 7.90 Å². The Hall–Kier alpha value is -2.05. The molecular weight excluding hydrogens is 498 g/mol. The Bertz CT molecular complexity index is 1430. The van der Waals surface area contributed by atoms with Gasteiger partial charge in [0, 0.05) is 0 Å². The van der Waals surface area contributed by atoms with Crippen LogP contribution in [0.4, 0.5) is 11.4 Å². The molecule has 4 aromatic carbocycles. The van der Waals surface area contributed by atoms with Gasteiger partial charge in [-0.1, -0.05) is 0 Å². The van der Waals surface area contributed by atoms with Gasteiger partial charge in [-0.15, -0.1) is 0 Å². The van der Waals surface area contributed by atoms with Gasteiger partial charge >= 0.3 is 180 Å². The molecule has 0 aromatic heterocycles. The van der Waals surface area contributed by atoms with Crippen LogP contribution in [0.25, 0.3) is 0 Å². The molecular formula is C24H18As2N2S. The molecule has 2 heterocycles. The van der Waals surface area contributed by atoms with Crippen molar-refractivity contribution in [3.05, 3.63) is 116 Å². The van der Waals surface area contributed by atoms with Crippen molar-refractivity contribution in [2.45, 2.75) is 0 Å². The summed E-state index contributed by atoms with van der Waals surface area (Å²) in [7, 11) is 2.33. The predicted molar refractivity (Wildman–Crippen MR) is 126 cm³/mol. The quantitative estimate of drug-likeness (QED) is 0.376. The van der Waals surface area contributed by atoms with E-state index in [1.807, 2.05) is 0 Å². The van der Waals surface area contributed by atoms with Gasteiger partial charge in [-0.25, -0.2) is 0 Å². The number of rotatable bonds is 2. The van der Waals surface area contributed by atoms with E-state index in [2.05, 4.69) is 105 Å². The van der Waals surface area contributed by atoms with Crippen molar-refractivity contribution in [2.75, 3.05) is 0 Å². The Morgan fingerprint density at radius 2 is 0.897 bits per heavy atom. The van der Waals surface area contributed by atoms with Crippen molar-refractivity contribution in [2.24, 2.45) is 9.98 Å². The average Bonchev–Trinajstić information content (AvgIpc) is 2.78. The molecule has 0 amide bonds. The summed E-state index contributed by atoms with van der Waals surface area (Å²) in [5, 5.41) is 2.35. The Morgan fingerprint density at radius 1 is 0.483 bits per heavy atom. The number of hydrogen-bond acceptors (Lipinski definition) is 3. The van der Waals surface area contributed by atoms with Gasteiger partial charge in [-0.2, -0.15) is 0 Å². The van der Waals surface area contributed by atoms with E-state index < -0.39 is 26.1 Å². The molecule has 2 aliphatic rings. The molecule has 0 radical (unpaired) electrons. The van der Waals surface area contributed by atoms with Gasteiger partial charge in [0.1, 0.15) is 0 Å². The molecule has 2 atom stereocenters. The summed E-state index contributed by atoms with van der Waals surface area (Å²) >= 11 is -3.62. The summed E-state index contributed by atoms with van der Waals surface area (Å²) < 4.78 is 5.98. The number of benzene rings is 4. The second-order valence-corrected chi connectivity index (χ2v) is 26.7. The van der Waals surface area contributed by atoms with Crippen molar-refractivity contribution in [3.63, 3.8) is 0 Å². The molecule has 0 saturated carbocycles. The third-order valence-corrected chi connectivity index (χ3v) is 33.8. The fourth-order valence-electron chi connectivity index (χ4n) is 3.92. The number of para-hydroxylation sites is 4. The van der Waals surface area contributed by atoms with E-state index in [0.717, 1.165) is 0 Å². The monoisotopic (exact) mass is 516 g/mol. The van der Waals surface area contributed by atoms with Crippen LogP contribution in [0.5, 0.6) is 0 Å². The van der Waals surface area contributed by atoms with Gasteiger partial charge in [0.2, 0.25) is 0 Å². The molecule has 2 aliphatic heterocycles. The summed E-state index contributed by atoms with van der Waals surface area (Å²) in [6, 6.07) is 35.2. The Morgan fingerprint density at radius 3 is 1.41 bits per heavy atom. The molecule has 4 aromatic rings. The molecule has 0 fully saturated rings. The zero-order chi connectivity index (χ0) is 19.2. The second-order valence-electron chi connectivity index (χ2n) is 7.05. The normalized spacial score (nSPS) is 18.3. The molecule has 5 heteroatoms. The van der Waals surface area contributed by atoms with E-state index in [1.165, 1.54) is 38.7 Å². The van der Waals surface area contributed by atoms with E-state index in [0.29, 0.717) is 0 Å². The number of hydrogen-bond donors (Lipinski definition) is 0. The second kappa shape index (κ2) is 7.33. The molecule has 29 heavy (non-hydrogen) atoms. The van der Waals surface area contributed by atoms with Crippen molar-refractivity contribution in [1.82, 2.24) is 0 Å². The summed E-state index contributed by atoms with van der Waals surface area (Å²) in [6.07, 6.45) is 0. The minimum absolute atomic E-state index is 1.18. The van der Waals surface area contributed by atoms with Crippen LogP contribution in [-0.4, -0.2) is 26.1 Å². The van der Waals surface area contributed by atoms with Crippen LogP contribution in [0.15, 0.2) is 107 Å². The molecule has 0 N–H and O–H groups in total. The first kappa shape index (κ1) is 17.8. The van der Waals surface area contributed by atoms with E-state index >= 15 is 0 Å². The third kappa shape index (κ3) is 3.04. The fraction of sp³-hybridized carbons (Fsp3) is 0. The zero-order valence-corrected chi connectivity index (χ0v) is 20.6. The number of fused-ring (bicyclic) bond motifs is 4. The average molecular weight is 516 g/mol. The Balaban J connectivity index is 1.69. The molecule has 2 unspecified atom stereocenters. The molecule has 6 rings (SSSR count). The number of nitrogens with zero attached hydrogens (tertiary/aromatic N) is 2. The first-order valence-electron chi connectivity index (χ1n) is 9.61. The first-order chi connectivity index (χ1) is 14.4. The summed E-state index contributed by atoms with van der Waals surface area (Å²) in [5.74, 6) is 0. The van der Waals surface area contributed by atoms with Crippen LogP contribution in [-0.2, 0) is 0 Å². The van der Waals surface area contributed by atoms with E-state index in [1.54, 1.807) is 0 Å². The van der Waals surface area contributed by atoms with Gasteiger partial charge in [-0.05, 0) is 0 Å². The fourth-order valence-corrected chi connectivity index (χ4v) is 39.7. The van der Waals surface area contributed by atoms with Crippen molar-refractivity contribution < 1.29 is 0 Å². The van der Waals surface area contributed by atoms with Crippen molar-refractivity contribution >= 4 is 54.5 Å². The van der Waals surface area contributed by atoms with Gasteiger partial charge in [0.15, 0.2) is 0 Å². The van der Waals surface area contributed by atoms with Crippen LogP contribution >= 0.6 is 8.29 Å². The SMILES string of the molecule is c1ccc2c(c1)N=c1ccccc1=[AsH]2S[AsH]1=c2ccccc2=Nc2ccccc21. The topological polar surface area (TPSA) is 24.7 Å². The van der Waals surface area contributed by atoms with E-state index in [9.17, 15) is 0 Å². The van der Waals surface area contributed by atoms with Gasteiger partial charge in [-0.3, -0.25) is 0 Å². The van der Waals surface area contributed by atoms with Gasteiger partial charge in [0.25, 0.3) is 0 Å². The van der Waals surface area contributed by atoms with E-state index in [-0.39, 0.29) is 0 Å². The molecule has 2 nitrogen and oxygen atoms in total.